The molecule has 0 radical (unpaired) electrons. The Morgan fingerprint density at radius 1 is 0.967 bits per heavy atom. The third-order valence-corrected chi connectivity index (χ3v) is 4.82. The van der Waals surface area contributed by atoms with Crippen molar-refractivity contribution in [2.24, 2.45) is 0 Å². The van der Waals surface area contributed by atoms with Gasteiger partial charge in [-0.1, -0.05) is 36.4 Å². The molecule has 7 heteroatoms. The molecular formula is C23H21N5O2. The van der Waals surface area contributed by atoms with Gasteiger partial charge in [0.15, 0.2) is 5.69 Å². The minimum Gasteiger partial charge on any atom is -0.347 e. The predicted molar refractivity (Wildman–Crippen MR) is 113 cm³/mol. The summed E-state index contributed by atoms with van der Waals surface area (Å²) in [5.74, 6) is -0.520. The molecule has 3 heterocycles. The van der Waals surface area contributed by atoms with Gasteiger partial charge in [0.2, 0.25) is 5.82 Å². The fourth-order valence-corrected chi connectivity index (χ4v) is 3.22. The van der Waals surface area contributed by atoms with Crippen LogP contribution in [0.25, 0.3) is 5.52 Å². The molecule has 2 amide bonds. The van der Waals surface area contributed by atoms with Gasteiger partial charge >= 0.3 is 0 Å². The summed E-state index contributed by atoms with van der Waals surface area (Å²) in [4.78, 5) is 34.0. The molecule has 0 saturated carbocycles. The summed E-state index contributed by atoms with van der Waals surface area (Å²) >= 11 is 0. The van der Waals surface area contributed by atoms with Gasteiger partial charge in [-0.3, -0.25) is 19.0 Å². The SMILES string of the molecule is CC(NC(=O)c1nc(C(=O)NCc2ccncc2)c2ccccn12)c1ccccc1. The maximum atomic E-state index is 12.9. The van der Waals surface area contributed by atoms with Crippen molar-refractivity contribution < 1.29 is 9.59 Å². The Kier molecular flexibility index (Phi) is 5.52. The van der Waals surface area contributed by atoms with Gasteiger partial charge in [-0.05, 0) is 42.3 Å². The summed E-state index contributed by atoms with van der Waals surface area (Å²) in [5.41, 5.74) is 2.70. The summed E-state index contributed by atoms with van der Waals surface area (Å²) in [7, 11) is 0. The van der Waals surface area contributed by atoms with Crippen LogP contribution in [-0.2, 0) is 6.54 Å². The lowest BCUT2D eigenvalue weighted by Crippen LogP contribution is -2.28. The zero-order valence-corrected chi connectivity index (χ0v) is 16.4. The second kappa shape index (κ2) is 8.57. The van der Waals surface area contributed by atoms with Crippen LogP contribution in [0, 0.1) is 0 Å². The molecule has 0 spiro atoms. The highest BCUT2D eigenvalue weighted by Gasteiger charge is 2.22. The molecule has 30 heavy (non-hydrogen) atoms. The van der Waals surface area contributed by atoms with Crippen LogP contribution in [0.3, 0.4) is 0 Å². The van der Waals surface area contributed by atoms with Gasteiger partial charge in [0, 0.05) is 25.1 Å². The monoisotopic (exact) mass is 399 g/mol. The van der Waals surface area contributed by atoms with E-state index in [-0.39, 0.29) is 29.4 Å². The van der Waals surface area contributed by atoms with E-state index >= 15 is 0 Å². The third kappa shape index (κ3) is 4.05. The van der Waals surface area contributed by atoms with Crippen LogP contribution >= 0.6 is 0 Å². The summed E-state index contributed by atoms with van der Waals surface area (Å²) in [6.07, 6.45) is 5.07. The molecule has 0 aliphatic rings. The highest BCUT2D eigenvalue weighted by atomic mass is 16.2. The van der Waals surface area contributed by atoms with E-state index in [1.54, 1.807) is 35.1 Å². The molecular weight excluding hydrogens is 378 g/mol. The van der Waals surface area contributed by atoms with Crippen LogP contribution in [-0.4, -0.2) is 26.2 Å². The predicted octanol–water partition coefficient (Wildman–Crippen LogP) is 3.15. The zero-order chi connectivity index (χ0) is 20.9. The van der Waals surface area contributed by atoms with E-state index < -0.39 is 0 Å². The fourth-order valence-electron chi connectivity index (χ4n) is 3.22. The summed E-state index contributed by atoms with van der Waals surface area (Å²) in [6.45, 7) is 2.26. The van der Waals surface area contributed by atoms with Crippen molar-refractivity contribution in [2.75, 3.05) is 0 Å². The van der Waals surface area contributed by atoms with E-state index in [1.165, 1.54) is 0 Å². The van der Waals surface area contributed by atoms with Gasteiger partial charge in [-0.2, -0.15) is 0 Å². The molecule has 4 aromatic rings. The fraction of sp³-hybridized carbons (Fsp3) is 0.130. The number of benzene rings is 1. The number of hydrogen-bond acceptors (Lipinski definition) is 4. The van der Waals surface area contributed by atoms with Crippen LogP contribution in [0.15, 0.2) is 79.3 Å². The number of rotatable bonds is 6. The quantitative estimate of drug-likeness (QED) is 0.521. The molecule has 2 N–H and O–H groups in total. The Morgan fingerprint density at radius 2 is 1.70 bits per heavy atom. The first kappa shape index (κ1) is 19.3. The molecule has 1 atom stereocenters. The molecule has 1 unspecified atom stereocenters. The lowest BCUT2D eigenvalue weighted by Gasteiger charge is -2.13. The molecule has 0 saturated heterocycles. The third-order valence-electron chi connectivity index (χ3n) is 4.82. The highest BCUT2D eigenvalue weighted by Crippen LogP contribution is 2.16. The van der Waals surface area contributed by atoms with E-state index in [1.807, 2.05) is 55.5 Å². The molecule has 4 rings (SSSR count). The first-order chi connectivity index (χ1) is 14.6. The molecule has 150 valence electrons. The number of pyridine rings is 2. The van der Waals surface area contributed by atoms with Gasteiger partial charge in [-0.25, -0.2) is 4.98 Å². The van der Waals surface area contributed by atoms with Crippen molar-refractivity contribution in [1.29, 1.82) is 0 Å². The largest absolute Gasteiger partial charge is 0.347 e. The number of hydrogen-bond donors (Lipinski definition) is 2. The standard InChI is InChI=1S/C23H21N5O2/c1-16(18-7-3-2-4-8-18)26-23(30)21-27-20(19-9-5-6-14-28(19)21)22(29)25-15-17-10-12-24-13-11-17/h2-14,16H,15H2,1H3,(H,25,29)(H,26,30). The Hall–Kier alpha value is -4.00. The van der Waals surface area contributed by atoms with E-state index in [9.17, 15) is 9.59 Å². The number of amides is 2. The minimum atomic E-state index is -0.347. The van der Waals surface area contributed by atoms with Gasteiger partial charge in [0.05, 0.1) is 11.6 Å². The number of carbonyl (C=O) groups excluding carboxylic acids is 2. The second-order valence-electron chi connectivity index (χ2n) is 6.88. The van der Waals surface area contributed by atoms with Crippen molar-refractivity contribution in [3.63, 3.8) is 0 Å². The van der Waals surface area contributed by atoms with Crippen LogP contribution in [0.2, 0.25) is 0 Å². The number of nitrogens with one attached hydrogen (secondary N) is 2. The van der Waals surface area contributed by atoms with Gasteiger partial charge in [0.1, 0.15) is 0 Å². The van der Waals surface area contributed by atoms with Crippen LogP contribution in [0.1, 0.15) is 45.2 Å². The number of carbonyl (C=O) groups is 2. The number of fused-ring (bicyclic) bond motifs is 1. The smallest absolute Gasteiger partial charge is 0.288 e. The topological polar surface area (TPSA) is 88.4 Å². The first-order valence-corrected chi connectivity index (χ1v) is 9.63. The zero-order valence-electron chi connectivity index (χ0n) is 16.4. The van der Waals surface area contributed by atoms with E-state index in [0.29, 0.717) is 12.1 Å². The number of nitrogens with zero attached hydrogens (tertiary/aromatic N) is 3. The normalized spacial score (nSPS) is 11.8. The summed E-state index contributed by atoms with van der Waals surface area (Å²) in [5, 5.41) is 5.81. The number of aromatic nitrogens is 3. The van der Waals surface area contributed by atoms with Crippen LogP contribution < -0.4 is 10.6 Å². The van der Waals surface area contributed by atoms with E-state index in [4.69, 9.17) is 0 Å². The van der Waals surface area contributed by atoms with Crippen molar-refractivity contribution >= 4 is 17.3 Å². The van der Waals surface area contributed by atoms with Crippen molar-refractivity contribution in [3.05, 3.63) is 102 Å². The van der Waals surface area contributed by atoms with Crippen LogP contribution in [0.4, 0.5) is 0 Å². The van der Waals surface area contributed by atoms with Crippen molar-refractivity contribution in [3.8, 4) is 0 Å². The lowest BCUT2D eigenvalue weighted by atomic mass is 10.1. The lowest BCUT2D eigenvalue weighted by molar-refractivity contribution is 0.0928. The molecule has 0 aliphatic carbocycles. The van der Waals surface area contributed by atoms with Gasteiger partial charge < -0.3 is 10.6 Å². The Morgan fingerprint density at radius 3 is 2.47 bits per heavy atom. The van der Waals surface area contributed by atoms with Crippen molar-refractivity contribution in [1.82, 2.24) is 25.0 Å². The Bertz CT molecular complexity index is 1170. The Labute approximate surface area is 173 Å². The Balaban J connectivity index is 1.57. The molecule has 0 fully saturated rings. The van der Waals surface area contributed by atoms with Gasteiger partial charge in [0.25, 0.3) is 11.8 Å². The molecule has 0 bridgehead atoms. The van der Waals surface area contributed by atoms with Gasteiger partial charge in [-0.15, -0.1) is 0 Å². The van der Waals surface area contributed by atoms with Crippen LogP contribution in [0.5, 0.6) is 0 Å². The molecule has 1 aromatic carbocycles. The second-order valence-corrected chi connectivity index (χ2v) is 6.88. The molecule has 3 aromatic heterocycles. The average Bonchev–Trinajstić information content (AvgIpc) is 3.19. The highest BCUT2D eigenvalue weighted by molar-refractivity contribution is 6.02. The summed E-state index contributed by atoms with van der Waals surface area (Å²) in [6, 6.07) is 18.5. The maximum Gasteiger partial charge on any atom is 0.288 e. The maximum absolute atomic E-state index is 12.9. The van der Waals surface area contributed by atoms with E-state index in [0.717, 1.165) is 11.1 Å². The average molecular weight is 399 g/mol. The molecule has 7 nitrogen and oxygen atoms in total. The number of imidazole rings is 1. The first-order valence-electron chi connectivity index (χ1n) is 9.63. The van der Waals surface area contributed by atoms with Crippen molar-refractivity contribution in [2.45, 2.75) is 19.5 Å². The van der Waals surface area contributed by atoms with E-state index in [2.05, 4.69) is 20.6 Å². The summed E-state index contributed by atoms with van der Waals surface area (Å²) < 4.78 is 1.63. The molecule has 0 aliphatic heterocycles. The minimum absolute atomic E-state index is 0.169.